The number of carbonyl (C=O) groups is 1. The molecule has 1 aromatic heterocycles. The van der Waals surface area contributed by atoms with Gasteiger partial charge in [-0.05, 0) is 22.6 Å². The van der Waals surface area contributed by atoms with Gasteiger partial charge in [-0.25, -0.2) is 4.68 Å². The third kappa shape index (κ3) is 2.62. The number of ether oxygens (including phenoxy) is 1. The molecule has 0 aliphatic rings. The molecule has 2 rings (SSSR count). The molecule has 0 amide bonds. The Bertz CT molecular complexity index is 553. The largest absolute Gasteiger partial charge is 0.497 e. The predicted octanol–water partition coefficient (Wildman–Crippen LogP) is 0.823. The first-order chi connectivity index (χ1) is 8.70. The van der Waals surface area contributed by atoms with Gasteiger partial charge >= 0.3 is 5.97 Å². The maximum atomic E-state index is 10.5. The highest BCUT2D eigenvalue weighted by Gasteiger charge is 2.10. The van der Waals surface area contributed by atoms with Crippen LogP contribution in [0.3, 0.4) is 0 Å². The molecule has 0 radical (unpaired) electrons. The van der Waals surface area contributed by atoms with Crippen LogP contribution in [0.4, 0.5) is 0 Å². The van der Waals surface area contributed by atoms with Crippen LogP contribution >= 0.6 is 0 Å². The molecule has 0 unspecified atom stereocenters. The second kappa shape index (κ2) is 5.26. The lowest BCUT2D eigenvalue weighted by atomic mass is 10.2. The number of tetrazole rings is 1. The Hall–Kier alpha value is -2.44. The molecule has 0 atom stereocenters. The van der Waals surface area contributed by atoms with Gasteiger partial charge in [0.1, 0.15) is 5.75 Å². The van der Waals surface area contributed by atoms with Crippen molar-refractivity contribution < 1.29 is 14.6 Å². The van der Waals surface area contributed by atoms with Crippen molar-refractivity contribution in [1.29, 1.82) is 0 Å². The van der Waals surface area contributed by atoms with Gasteiger partial charge in [0.15, 0.2) is 5.82 Å². The minimum Gasteiger partial charge on any atom is -0.497 e. The van der Waals surface area contributed by atoms with E-state index >= 15 is 0 Å². The van der Waals surface area contributed by atoms with Crippen molar-refractivity contribution in [2.75, 3.05) is 7.11 Å². The number of aromatic nitrogens is 4. The van der Waals surface area contributed by atoms with Gasteiger partial charge in [-0.3, -0.25) is 4.79 Å². The van der Waals surface area contributed by atoms with Crippen molar-refractivity contribution in [3.05, 3.63) is 24.3 Å². The molecule has 7 nitrogen and oxygen atoms in total. The molecule has 0 aliphatic heterocycles. The fourth-order valence-corrected chi connectivity index (χ4v) is 1.53. The lowest BCUT2D eigenvalue weighted by Gasteiger charge is -2.04. The molecule has 0 saturated heterocycles. The number of hydrogen-bond donors (Lipinski definition) is 1. The standard InChI is InChI=1S/C11H12N4O3/c1-18-9-4-2-3-8(7-9)11-12-13-14-15(11)6-5-10(16)17/h2-4,7H,5-6H2,1H3,(H,16,17). The third-order valence-corrected chi connectivity index (χ3v) is 2.40. The van der Waals surface area contributed by atoms with E-state index in [0.717, 1.165) is 5.56 Å². The Morgan fingerprint density at radius 1 is 1.50 bits per heavy atom. The zero-order valence-corrected chi connectivity index (χ0v) is 9.78. The molecule has 0 aliphatic carbocycles. The number of methoxy groups -OCH3 is 1. The molecule has 1 N–H and O–H groups in total. The van der Waals surface area contributed by atoms with E-state index in [-0.39, 0.29) is 13.0 Å². The van der Waals surface area contributed by atoms with E-state index in [1.807, 2.05) is 18.2 Å². The highest BCUT2D eigenvalue weighted by Crippen LogP contribution is 2.21. The number of nitrogens with zero attached hydrogens (tertiary/aromatic N) is 4. The molecule has 2 aromatic rings. The summed E-state index contributed by atoms with van der Waals surface area (Å²) in [6.45, 7) is 0.231. The average molecular weight is 248 g/mol. The number of aryl methyl sites for hydroxylation is 1. The Balaban J connectivity index is 2.27. The van der Waals surface area contributed by atoms with Gasteiger partial charge in [0.05, 0.1) is 20.1 Å². The van der Waals surface area contributed by atoms with Crippen molar-refractivity contribution in [3.63, 3.8) is 0 Å². The summed E-state index contributed by atoms with van der Waals surface area (Å²) >= 11 is 0. The van der Waals surface area contributed by atoms with Crippen molar-refractivity contribution >= 4 is 5.97 Å². The first-order valence-corrected chi connectivity index (χ1v) is 5.33. The molecule has 7 heteroatoms. The van der Waals surface area contributed by atoms with Gasteiger partial charge in [-0.1, -0.05) is 12.1 Å². The summed E-state index contributed by atoms with van der Waals surface area (Å²) in [4.78, 5) is 10.5. The molecule has 94 valence electrons. The van der Waals surface area contributed by atoms with E-state index < -0.39 is 5.97 Å². The average Bonchev–Trinajstić information content (AvgIpc) is 2.84. The molecule has 1 aromatic carbocycles. The molecule has 0 fully saturated rings. The van der Waals surface area contributed by atoms with Crippen LogP contribution < -0.4 is 4.74 Å². The van der Waals surface area contributed by atoms with E-state index in [1.165, 1.54) is 4.68 Å². The normalized spacial score (nSPS) is 10.3. The molecule has 18 heavy (non-hydrogen) atoms. The van der Waals surface area contributed by atoms with Gasteiger partial charge in [0.25, 0.3) is 0 Å². The van der Waals surface area contributed by atoms with Gasteiger partial charge in [-0.15, -0.1) is 5.10 Å². The van der Waals surface area contributed by atoms with Crippen LogP contribution in [-0.2, 0) is 11.3 Å². The van der Waals surface area contributed by atoms with Crippen molar-refractivity contribution in [2.45, 2.75) is 13.0 Å². The second-order valence-electron chi connectivity index (χ2n) is 3.60. The van der Waals surface area contributed by atoms with Crippen LogP contribution in [0.5, 0.6) is 5.75 Å². The first-order valence-electron chi connectivity index (χ1n) is 5.33. The summed E-state index contributed by atoms with van der Waals surface area (Å²) in [6, 6.07) is 7.27. The maximum absolute atomic E-state index is 10.5. The Morgan fingerprint density at radius 2 is 2.33 bits per heavy atom. The summed E-state index contributed by atoms with van der Waals surface area (Å²) < 4.78 is 6.58. The zero-order valence-electron chi connectivity index (χ0n) is 9.78. The van der Waals surface area contributed by atoms with Gasteiger partial charge in [-0.2, -0.15) is 0 Å². The monoisotopic (exact) mass is 248 g/mol. The Labute approximate surface area is 103 Å². The fourth-order valence-electron chi connectivity index (χ4n) is 1.53. The van der Waals surface area contributed by atoms with Crippen molar-refractivity contribution in [3.8, 4) is 17.1 Å². The van der Waals surface area contributed by atoms with Crippen LogP contribution in [0.15, 0.2) is 24.3 Å². The highest BCUT2D eigenvalue weighted by molar-refractivity contribution is 5.66. The van der Waals surface area contributed by atoms with Crippen molar-refractivity contribution in [2.24, 2.45) is 0 Å². The molecule has 0 bridgehead atoms. The molecular formula is C11H12N4O3. The van der Waals surface area contributed by atoms with E-state index in [0.29, 0.717) is 11.6 Å². The number of carboxylic acids is 1. The number of hydrogen-bond acceptors (Lipinski definition) is 5. The van der Waals surface area contributed by atoms with Crippen molar-refractivity contribution in [1.82, 2.24) is 20.2 Å². The third-order valence-electron chi connectivity index (χ3n) is 2.40. The number of benzene rings is 1. The second-order valence-corrected chi connectivity index (χ2v) is 3.60. The van der Waals surface area contributed by atoms with Gasteiger partial charge in [0, 0.05) is 5.56 Å². The van der Waals surface area contributed by atoms with Crippen LogP contribution in [0, 0.1) is 0 Å². The van der Waals surface area contributed by atoms with E-state index in [9.17, 15) is 4.79 Å². The Morgan fingerprint density at radius 3 is 3.06 bits per heavy atom. The Kier molecular flexibility index (Phi) is 3.52. The summed E-state index contributed by atoms with van der Waals surface area (Å²) in [5.74, 6) is 0.331. The van der Waals surface area contributed by atoms with E-state index in [2.05, 4.69) is 15.5 Å². The van der Waals surface area contributed by atoms with E-state index in [4.69, 9.17) is 9.84 Å². The summed E-state index contributed by atoms with van der Waals surface area (Å²) in [7, 11) is 1.58. The number of carboxylic acid groups (broad SMARTS) is 1. The highest BCUT2D eigenvalue weighted by atomic mass is 16.5. The molecule has 1 heterocycles. The summed E-state index contributed by atoms with van der Waals surface area (Å²) in [6.07, 6.45) is -0.0258. The summed E-state index contributed by atoms with van der Waals surface area (Å²) in [5, 5.41) is 19.9. The lowest BCUT2D eigenvalue weighted by molar-refractivity contribution is -0.137. The number of aliphatic carboxylic acids is 1. The minimum atomic E-state index is -0.887. The molecule has 0 saturated carbocycles. The minimum absolute atomic E-state index is 0.0258. The smallest absolute Gasteiger partial charge is 0.305 e. The predicted molar refractivity (Wildman–Crippen MR) is 62.1 cm³/mol. The topological polar surface area (TPSA) is 90.1 Å². The fraction of sp³-hybridized carbons (Fsp3) is 0.273. The zero-order chi connectivity index (χ0) is 13.0. The first kappa shape index (κ1) is 12.0. The quantitative estimate of drug-likeness (QED) is 0.842. The molecule has 0 spiro atoms. The SMILES string of the molecule is COc1cccc(-c2nnnn2CCC(=O)O)c1. The maximum Gasteiger partial charge on any atom is 0.305 e. The summed E-state index contributed by atoms with van der Waals surface area (Å²) in [5.41, 5.74) is 0.782. The van der Waals surface area contributed by atoms with Crippen LogP contribution in [0.2, 0.25) is 0 Å². The van der Waals surface area contributed by atoms with Gasteiger partial charge in [0.2, 0.25) is 0 Å². The number of rotatable bonds is 5. The van der Waals surface area contributed by atoms with Crippen LogP contribution in [-0.4, -0.2) is 38.4 Å². The van der Waals surface area contributed by atoms with E-state index in [1.54, 1.807) is 13.2 Å². The van der Waals surface area contributed by atoms with Crippen LogP contribution in [0.1, 0.15) is 6.42 Å². The van der Waals surface area contributed by atoms with Gasteiger partial charge < -0.3 is 9.84 Å². The van der Waals surface area contributed by atoms with Crippen LogP contribution in [0.25, 0.3) is 11.4 Å². The molecular weight excluding hydrogens is 236 g/mol. The lowest BCUT2D eigenvalue weighted by Crippen LogP contribution is -2.07.